The van der Waals surface area contributed by atoms with Crippen LogP contribution in [0.3, 0.4) is 0 Å². The van der Waals surface area contributed by atoms with Crippen LogP contribution >= 0.6 is 0 Å². The highest BCUT2D eigenvalue weighted by atomic mass is 16.5. The van der Waals surface area contributed by atoms with E-state index in [0.717, 1.165) is 195 Å². The van der Waals surface area contributed by atoms with Crippen molar-refractivity contribution in [1.29, 1.82) is 0 Å². The second-order valence-electron chi connectivity index (χ2n) is 10.4. The first kappa shape index (κ1) is 40.6. The molecule has 0 bridgehead atoms. The Hall–Kier alpha value is -0.360. The predicted octanol–water partition coefficient (Wildman–Crippen LogP) is 5.33. The van der Waals surface area contributed by atoms with Crippen molar-refractivity contribution in [2.45, 2.75) is 103 Å². The Morgan fingerprint density at radius 1 is 0.195 bits per heavy atom. The zero-order chi connectivity index (χ0) is 29.6. The summed E-state index contributed by atoms with van der Waals surface area (Å²) in [6.45, 7) is 11.6. The molecule has 0 amide bonds. The largest absolute Gasteiger partial charge is 0.396 e. The molecule has 0 fully saturated rings. The lowest BCUT2D eigenvalue weighted by molar-refractivity contribution is 0.0784. The number of ether oxygens (including phenoxy) is 7. The average molecular weight is 595 g/mol. The highest BCUT2D eigenvalue weighted by Crippen LogP contribution is 2.00. The van der Waals surface area contributed by atoms with Crippen molar-refractivity contribution in [3.8, 4) is 0 Å². The Morgan fingerprint density at radius 3 is 0.439 bits per heavy atom. The maximum atomic E-state index is 8.70. The van der Waals surface area contributed by atoms with Crippen LogP contribution < -0.4 is 0 Å². The summed E-state index contributed by atoms with van der Waals surface area (Å²) in [6, 6.07) is 0. The molecule has 0 radical (unpaired) electrons. The molecule has 0 aliphatic rings. The van der Waals surface area contributed by atoms with Crippen LogP contribution in [0.5, 0.6) is 0 Å². The topological polar surface area (TPSA) is 105 Å². The van der Waals surface area contributed by atoms with Crippen LogP contribution in [-0.4, -0.2) is 116 Å². The second kappa shape index (κ2) is 39.6. The van der Waals surface area contributed by atoms with Crippen LogP contribution in [0.15, 0.2) is 0 Å². The average Bonchev–Trinajstić information content (AvgIpc) is 2.98. The predicted molar refractivity (Wildman–Crippen MR) is 164 cm³/mol. The summed E-state index contributed by atoms with van der Waals surface area (Å²) in [5, 5.41) is 17.4. The van der Waals surface area contributed by atoms with Gasteiger partial charge in [-0.3, -0.25) is 0 Å². The minimum absolute atomic E-state index is 0.251. The lowest BCUT2D eigenvalue weighted by atomic mass is 10.3. The number of hydrogen-bond acceptors (Lipinski definition) is 9. The number of aliphatic hydroxyl groups is 2. The fourth-order valence-electron chi connectivity index (χ4n) is 3.80. The van der Waals surface area contributed by atoms with Crippen LogP contribution in [0, 0.1) is 0 Å². The Bertz CT molecular complexity index is 405. The first-order valence-electron chi connectivity index (χ1n) is 16.7. The molecule has 0 atom stereocenters. The van der Waals surface area contributed by atoms with Crippen molar-refractivity contribution < 1.29 is 43.4 Å². The molecule has 0 aromatic rings. The Kier molecular flexibility index (Phi) is 39.3. The van der Waals surface area contributed by atoms with Crippen molar-refractivity contribution in [1.82, 2.24) is 0 Å². The van der Waals surface area contributed by atoms with E-state index in [1.165, 1.54) is 0 Å². The fraction of sp³-hybridized carbons (Fsp3) is 1.00. The Morgan fingerprint density at radius 2 is 0.317 bits per heavy atom. The number of hydrogen-bond donors (Lipinski definition) is 2. The molecule has 0 spiro atoms. The SMILES string of the molecule is OCCCCOCCCCOCCCCOCCCCOCCCCOCCCCOCCCCOCCCCO. The number of unbranched alkanes of at least 4 members (excludes halogenated alkanes) is 8. The number of aliphatic hydroxyl groups excluding tert-OH is 2. The summed E-state index contributed by atoms with van der Waals surface area (Å²) in [7, 11) is 0. The van der Waals surface area contributed by atoms with E-state index < -0.39 is 0 Å². The minimum atomic E-state index is 0.251. The van der Waals surface area contributed by atoms with Crippen molar-refractivity contribution in [3.05, 3.63) is 0 Å². The molecule has 248 valence electrons. The highest BCUT2D eigenvalue weighted by molar-refractivity contribution is 4.46. The molecule has 0 unspecified atom stereocenters. The molecule has 9 nitrogen and oxygen atoms in total. The van der Waals surface area contributed by atoms with Gasteiger partial charge in [-0.1, -0.05) is 0 Å². The standard InChI is InChI=1S/C32H66O9/c33-17-1-3-19-35-21-5-7-23-37-25-9-11-27-39-29-13-15-31-41-32-16-14-30-40-28-12-10-26-38-24-8-6-22-36-20-4-2-18-34/h33-34H,1-32H2. The molecule has 0 aliphatic carbocycles. The van der Waals surface area contributed by atoms with Crippen LogP contribution in [0.1, 0.15) is 103 Å². The van der Waals surface area contributed by atoms with E-state index in [4.69, 9.17) is 43.4 Å². The van der Waals surface area contributed by atoms with Gasteiger partial charge in [-0.05, 0) is 103 Å². The van der Waals surface area contributed by atoms with Crippen LogP contribution in [0.25, 0.3) is 0 Å². The first-order valence-corrected chi connectivity index (χ1v) is 16.7. The van der Waals surface area contributed by atoms with Gasteiger partial charge in [-0.25, -0.2) is 0 Å². The van der Waals surface area contributed by atoms with Gasteiger partial charge >= 0.3 is 0 Å². The van der Waals surface area contributed by atoms with E-state index in [1.54, 1.807) is 0 Å². The molecule has 0 aromatic heterocycles. The van der Waals surface area contributed by atoms with Crippen molar-refractivity contribution >= 4 is 0 Å². The van der Waals surface area contributed by atoms with E-state index in [0.29, 0.717) is 0 Å². The second-order valence-corrected chi connectivity index (χ2v) is 10.4. The van der Waals surface area contributed by atoms with Crippen molar-refractivity contribution in [2.75, 3.05) is 106 Å². The van der Waals surface area contributed by atoms with Crippen LogP contribution in [0.4, 0.5) is 0 Å². The van der Waals surface area contributed by atoms with Gasteiger partial charge < -0.3 is 43.4 Å². The Balaban J connectivity index is 3.02. The fourth-order valence-corrected chi connectivity index (χ4v) is 3.80. The third-order valence-corrected chi connectivity index (χ3v) is 6.36. The third-order valence-electron chi connectivity index (χ3n) is 6.36. The van der Waals surface area contributed by atoms with E-state index in [1.807, 2.05) is 0 Å². The van der Waals surface area contributed by atoms with E-state index in [2.05, 4.69) is 0 Å². The van der Waals surface area contributed by atoms with Gasteiger partial charge in [0.1, 0.15) is 0 Å². The summed E-state index contributed by atoms with van der Waals surface area (Å²) < 4.78 is 39.4. The minimum Gasteiger partial charge on any atom is -0.396 e. The number of rotatable bonds is 38. The molecular formula is C32H66O9. The smallest absolute Gasteiger partial charge is 0.0466 e. The molecule has 0 saturated carbocycles. The first-order chi connectivity index (χ1) is 20.4. The lowest BCUT2D eigenvalue weighted by Gasteiger charge is -2.07. The van der Waals surface area contributed by atoms with Gasteiger partial charge in [0.05, 0.1) is 0 Å². The van der Waals surface area contributed by atoms with Gasteiger partial charge in [0.2, 0.25) is 0 Å². The van der Waals surface area contributed by atoms with Crippen LogP contribution in [-0.2, 0) is 33.2 Å². The third kappa shape index (κ3) is 39.6. The summed E-state index contributed by atoms with van der Waals surface area (Å²) in [5.74, 6) is 0. The molecule has 2 N–H and O–H groups in total. The highest BCUT2D eigenvalue weighted by Gasteiger charge is 1.97. The van der Waals surface area contributed by atoms with E-state index >= 15 is 0 Å². The molecule has 0 heterocycles. The van der Waals surface area contributed by atoms with Gasteiger partial charge in [0.25, 0.3) is 0 Å². The molecule has 0 saturated heterocycles. The van der Waals surface area contributed by atoms with E-state index in [9.17, 15) is 0 Å². The maximum Gasteiger partial charge on any atom is 0.0466 e. The molecular weight excluding hydrogens is 528 g/mol. The molecule has 0 aliphatic heterocycles. The summed E-state index contributed by atoms with van der Waals surface area (Å²) in [5.41, 5.74) is 0. The summed E-state index contributed by atoms with van der Waals surface area (Å²) >= 11 is 0. The molecule has 41 heavy (non-hydrogen) atoms. The summed E-state index contributed by atoms with van der Waals surface area (Å²) in [4.78, 5) is 0. The van der Waals surface area contributed by atoms with E-state index in [-0.39, 0.29) is 13.2 Å². The maximum absolute atomic E-state index is 8.70. The van der Waals surface area contributed by atoms with Gasteiger partial charge in [0.15, 0.2) is 0 Å². The van der Waals surface area contributed by atoms with Gasteiger partial charge in [-0.2, -0.15) is 0 Å². The Labute approximate surface area is 251 Å². The zero-order valence-electron chi connectivity index (χ0n) is 26.4. The lowest BCUT2D eigenvalue weighted by Crippen LogP contribution is -2.04. The monoisotopic (exact) mass is 594 g/mol. The van der Waals surface area contributed by atoms with Crippen molar-refractivity contribution in [3.63, 3.8) is 0 Å². The zero-order valence-corrected chi connectivity index (χ0v) is 26.4. The van der Waals surface area contributed by atoms with Crippen molar-refractivity contribution in [2.24, 2.45) is 0 Å². The van der Waals surface area contributed by atoms with Crippen LogP contribution in [0.2, 0.25) is 0 Å². The summed E-state index contributed by atoms with van der Waals surface area (Å²) in [6.07, 6.45) is 16.0. The molecule has 0 aromatic carbocycles. The van der Waals surface area contributed by atoms with Gasteiger partial charge in [0, 0.05) is 106 Å². The molecule has 0 rings (SSSR count). The normalized spacial score (nSPS) is 11.6. The quantitative estimate of drug-likeness (QED) is 0.0918. The molecule has 9 heteroatoms. The van der Waals surface area contributed by atoms with Gasteiger partial charge in [-0.15, -0.1) is 0 Å².